The van der Waals surface area contributed by atoms with E-state index in [0.717, 1.165) is 32.1 Å². The standard InChI is InChI=1S/C19H38NO5P/c21-18(20-17-19(22)23)15-13-11-9-7-5-3-1-2-4-6-8-10-12-14-16-26(24)25/h24-25H,1-17H2,(H,20,21)(H,22,23). The number of carbonyl (C=O) groups is 2. The van der Waals surface area contributed by atoms with Crippen molar-refractivity contribution in [2.45, 2.75) is 96.3 Å². The van der Waals surface area contributed by atoms with Crippen LogP contribution < -0.4 is 5.32 Å². The summed E-state index contributed by atoms with van der Waals surface area (Å²) in [6.07, 6.45) is 17.5. The van der Waals surface area contributed by atoms with Crippen molar-refractivity contribution >= 4 is 20.3 Å². The molecule has 0 aliphatic carbocycles. The number of hydrogen-bond acceptors (Lipinski definition) is 4. The number of hydrogen-bond donors (Lipinski definition) is 4. The summed E-state index contributed by atoms with van der Waals surface area (Å²) in [5.41, 5.74) is 0. The quantitative estimate of drug-likeness (QED) is 0.194. The minimum atomic E-state index is -1.69. The molecule has 4 N–H and O–H groups in total. The number of nitrogens with one attached hydrogen (secondary N) is 1. The second-order valence-corrected chi connectivity index (χ2v) is 8.16. The van der Waals surface area contributed by atoms with Gasteiger partial charge < -0.3 is 20.2 Å². The van der Waals surface area contributed by atoms with Crippen LogP contribution in [0.25, 0.3) is 0 Å². The van der Waals surface area contributed by atoms with Gasteiger partial charge in [-0.15, -0.1) is 0 Å². The van der Waals surface area contributed by atoms with Crippen LogP contribution in [0.5, 0.6) is 0 Å². The predicted molar refractivity (Wildman–Crippen MR) is 106 cm³/mol. The first-order chi connectivity index (χ1) is 12.5. The van der Waals surface area contributed by atoms with Gasteiger partial charge in [0.1, 0.15) is 6.54 Å². The lowest BCUT2D eigenvalue weighted by atomic mass is 10.0. The highest BCUT2D eigenvalue weighted by atomic mass is 31.2. The largest absolute Gasteiger partial charge is 0.480 e. The molecule has 0 saturated carbocycles. The van der Waals surface area contributed by atoms with Crippen LogP contribution in [0.2, 0.25) is 0 Å². The van der Waals surface area contributed by atoms with Crippen molar-refractivity contribution in [2.24, 2.45) is 0 Å². The molecular formula is C19H38NO5P. The maximum absolute atomic E-state index is 11.3. The van der Waals surface area contributed by atoms with E-state index in [2.05, 4.69) is 5.32 Å². The van der Waals surface area contributed by atoms with E-state index in [1.807, 2.05) is 0 Å². The zero-order valence-corrected chi connectivity index (χ0v) is 17.0. The molecule has 0 aromatic heterocycles. The summed E-state index contributed by atoms with van der Waals surface area (Å²) in [5.74, 6) is -1.17. The molecular weight excluding hydrogens is 353 g/mol. The first-order valence-electron chi connectivity index (χ1n) is 10.2. The lowest BCUT2D eigenvalue weighted by molar-refractivity contribution is -0.137. The lowest BCUT2D eigenvalue weighted by Gasteiger charge is -2.04. The van der Waals surface area contributed by atoms with E-state index < -0.39 is 14.3 Å². The molecule has 26 heavy (non-hydrogen) atoms. The first kappa shape index (κ1) is 25.3. The number of aliphatic carboxylic acids is 1. The third-order valence-corrected chi connectivity index (χ3v) is 5.16. The van der Waals surface area contributed by atoms with Gasteiger partial charge in [0.05, 0.1) is 0 Å². The van der Waals surface area contributed by atoms with Gasteiger partial charge in [-0.05, 0) is 12.8 Å². The van der Waals surface area contributed by atoms with Crippen molar-refractivity contribution in [3.05, 3.63) is 0 Å². The lowest BCUT2D eigenvalue weighted by Crippen LogP contribution is -2.28. The van der Waals surface area contributed by atoms with Crippen molar-refractivity contribution in [1.82, 2.24) is 5.32 Å². The molecule has 0 aromatic carbocycles. The molecule has 0 aliphatic heterocycles. The van der Waals surface area contributed by atoms with E-state index in [1.165, 1.54) is 57.8 Å². The molecule has 154 valence electrons. The summed E-state index contributed by atoms with van der Waals surface area (Å²) in [6, 6.07) is 0. The van der Waals surface area contributed by atoms with Crippen LogP contribution in [0.3, 0.4) is 0 Å². The van der Waals surface area contributed by atoms with Crippen LogP contribution in [0.15, 0.2) is 0 Å². The van der Waals surface area contributed by atoms with E-state index in [-0.39, 0.29) is 12.5 Å². The Morgan fingerprint density at radius 3 is 1.42 bits per heavy atom. The molecule has 6 nitrogen and oxygen atoms in total. The van der Waals surface area contributed by atoms with Crippen LogP contribution in [-0.2, 0) is 9.59 Å². The molecule has 0 spiro atoms. The average molecular weight is 391 g/mol. The molecule has 0 aliphatic rings. The Bertz CT molecular complexity index is 353. The van der Waals surface area contributed by atoms with Crippen molar-refractivity contribution in [3.63, 3.8) is 0 Å². The van der Waals surface area contributed by atoms with Gasteiger partial charge in [0.25, 0.3) is 0 Å². The Morgan fingerprint density at radius 1 is 0.654 bits per heavy atom. The van der Waals surface area contributed by atoms with Crippen molar-refractivity contribution < 1.29 is 24.5 Å². The summed E-state index contributed by atoms with van der Waals surface area (Å²) in [5, 5.41) is 10.8. The summed E-state index contributed by atoms with van der Waals surface area (Å²) in [7, 11) is -1.69. The molecule has 0 bridgehead atoms. The van der Waals surface area contributed by atoms with Gasteiger partial charge in [0, 0.05) is 12.6 Å². The molecule has 0 rings (SSSR count). The molecule has 0 fully saturated rings. The van der Waals surface area contributed by atoms with Gasteiger partial charge in [-0.25, -0.2) is 0 Å². The maximum atomic E-state index is 11.3. The summed E-state index contributed by atoms with van der Waals surface area (Å²) in [6.45, 7) is -0.284. The molecule has 0 heterocycles. The summed E-state index contributed by atoms with van der Waals surface area (Å²) in [4.78, 5) is 39.2. The van der Waals surface area contributed by atoms with E-state index in [9.17, 15) is 9.59 Å². The molecule has 0 saturated heterocycles. The summed E-state index contributed by atoms with van der Waals surface area (Å²) < 4.78 is 0. The van der Waals surface area contributed by atoms with Crippen LogP contribution in [-0.4, -0.2) is 39.5 Å². The van der Waals surface area contributed by atoms with Gasteiger partial charge in [-0.3, -0.25) is 9.59 Å². The number of carbonyl (C=O) groups excluding carboxylic acids is 1. The SMILES string of the molecule is O=C(O)CNC(=O)CCCCCCCCCCCCCCCCP(O)O. The minimum Gasteiger partial charge on any atom is -0.480 e. The van der Waals surface area contributed by atoms with Gasteiger partial charge >= 0.3 is 5.97 Å². The zero-order valence-electron chi connectivity index (χ0n) is 16.1. The van der Waals surface area contributed by atoms with Gasteiger partial charge in [0.15, 0.2) is 8.38 Å². The second kappa shape index (κ2) is 19.1. The van der Waals surface area contributed by atoms with Gasteiger partial charge in [0.2, 0.25) is 5.91 Å². The van der Waals surface area contributed by atoms with Crippen molar-refractivity contribution in [3.8, 4) is 0 Å². The topological polar surface area (TPSA) is 107 Å². The Morgan fingerprint density at radius 2 is 1.04 bits per heavy atom. The third-order valence-electron chi connectivity index (χ3n) is 4.45. The van der Waals surface area contributed by atoms with E-state index in [1.54, 1.807) is 0 Å². The molecule has 7 heteroatoms. The fraction of sp³-hybridized carbons (Fsp3) is 0.895. The monoisotopic (exact) mass is 391 g/mol. The maximum Gasteiger partial charge on any atom is 0.322 e. The van der Waals surface area contributed by atoms with E-state index >= 15 is 0 Å². The first-order valence-corrected chi connectivity index (χ1v) is 11.6. The van der Waals surface area contributed by atoms with Crippen molar-refractivity contribution in [1.29, 1.82) is 0 Å². The highest BCUT2D eigenvalue weighted by molar-refractivity contribution is 7.45. The molecule has 0 aromatic rings. The normalized spacial score (nSPS) is 11.0. The predicted octanol–water partition coefficient (Wildman–Crippen LogP) is 4.34. The fourth-order valence-electron chi connectivity index (χ4n) is 2.92. The molecule has 1 amide bonds. The minimum absolute atomic E-state index is 0.167. The Hall–Kier alpha value is -0.710. The molecule has 0 unspecified atom stereocenters. The highest BCUT2D eigenvalue weighted by Gasteiger charge is 2.03. The van der Waals surface area contributed by atoms with E-state index in [4.69, 9.17) is 14.9 Å². The highest BCUT2D eigenvalue weighted by Crippen LogP contribution is 2.24. The Kier molecular flexibility index (Phi) is 18.5. The average Bonchev–Trinajstić information content (AvgIpc) is 2.59. The molecule has 0 radical (unpaired) electrons. The Labute approximate surface area is 159 Å². The second-order valence-electron chi connectivity index (χ2n) is 6.97. The number of unbranched alkanes of at least 4 members (excludes halogenated alkanes) is 13. The van der Waals surface area contributed by atoms with Crippen LogP contribution in [0, 0.1) is 0 Å². The van der Waals surface area contributed by atoms with Crippen molar-refractivity contribution in [2.75, 3.05) is 12.7 Å². The molecule has 0 atom stereocenters. The van der Waals surface area contributed by atoms with E-state index in [0.29, 0.717) is 12.6 Å². The fourth-order valence-corrected chi connectivity index (χ4v) is 3.43. The number of rotatable bonds is 19. The summed E-state index contributed by atoms with van der Waals surface area (Å²) >= 11 is 0. The van der Waals surface area contributed by atoms with Crippen LogP contribution in [0.1, 0.15) is 96.3 Å². The van der Waals surface area contributed by atoms with Crippen LogP contribution in [0.4, 0.5) is 0 Å². The number of carboxylic acids is 1. The zero-order chi connectivity index (χ0) is 19.5. The van der Waals surface area contributed by atoms with Gasteiger partial charge in [-0.2, -0.15) is 0 Å². The van der Waals surface area contributed by atoms with Gasteiger partial charge in [-0.1, -0.05) is 77.0 Å². The smallest absolute Gasteiger partial charge is 0.322 e. The Balaban J connectivity index is 3.11. The third kappa shape index (κ3) is 21.3. The number of amides is 1. The van der Waals surface area contributed by atoms with Crippen LogP contribution >= 0.6 is 8.38 Å². The number of carboxylic acid groups (broad SMARTS) is 1.